The molecule has 19 heteroatoms. The zero-order valence-electron chi connectivity index (χ0n) is 61.4. The van der Waals surface area contributed by atoms with Gasteiger partial charge in [-0.3, -0.25) is 4.79 Å². The second kappa shape index (κ2) is 30.8. The SMILES string of the molecule is C.C[Si](C)(C)C(F)(F)F.Cc1ccc([C@H]2Oc3ccc(C)cc3[C@H]3CC(=O)C[C@H]32)cc1.Cc1ccc([C@H]2Oc3ccc(C)cc3[C@H]3C[C@@H](C(F)(F)F)C[C@H]32)cc1.Cc1ccc([C@H]2Oc3ccc(C)cc3[C@H]3C[C@H](C(F)(F)F)C[C@H]32)cc1.Cc1ccc([C@H]2Oc3ccc(C)cc3[C@H]3C[C@](O)(C(F)(F)F)C[C@H]32)cc1. The van der Waals surface area contributed by atoms with Gasteiger partial charge in [0.25, 0.3) is 0 Å². The summed E-state index contributed by atoms with van der Waals surface area (Å²) in [5.74, 6) is -3.69. The van der Waals surface area contributed by atoms with E-state index < -0.39 is 61.9 Å². The van der Waals surface area contributed by atoms with Crippen LogP contribution in [-0.4, -0.2) is 48.9 Å². The molecule has 8 aliphatic rings. The van der Waals surface area contributed by atoms with Crippen molar-refractivity contribution in [3.8, 4) is 23.0 Å². The van der Waals surface area contributed by atoms with Gasteiger partial charge in [0.05, 0.1) is 11.8 Å². The van der Waals surface area contributed by atoms with Crippen LogP contribution in [0.15, 0.2) is 170 Å². The second-order valence-corrected chi connectivity index (χ2v) is 37.2. The van der Waals surface area contributed by atoms with Crippen LogP contribution in [0.25, 0.3) is 0 Å². The van der Waals surface area contributed by atoms with E-state index in [0.29, 0.717) is 30.3 Å². The van der Waals surface area contributed by atoms with Crippen LogP contribution in [0.2, 0.25) is 19.6 Å². The fraction of sp³-hybridized carbons (Fsp3) is 0.443. The summed E-state index contributed by atoms with van der Waals surface area (Å²) < 4.78 is 181. The van der Waals surface area contributed by atoms with Crippen LogP contribution in [0.1, 0.15) is 196 Å². The fourth-order valence-electron chi connectivity index (χ4n) is 17.1. The van der Waals surface area contributed by atoms with Crippen molar-refractivity contribution in [2.24, 2.45) is 35.5 Å². The molecule has 4 heterocycles. The maximum atomic E-state index is 13.5. The minimum absolute atomic E-state index is 0. The predicted octanol–water partition coefficient (Wildman–Crippen LogP) is 25.0. The Kier molecular flexibility index (Phi) is 23.0. The van der Waals surface area contributed by atoms with Gasteiger partial charge in [-0.05, 0) is 180 Å². The molecule has 4 aliphatic heterocycles. The molecular formula is C88H96F12O6Si. The van der Waals surface area contributed by atoms with E-state index in [2.05, 4.69) is 56.3 Å². The number of aryl methyl sites for hydroxylation is 8. The number of hydrogen-bond donors (Lipinski definition) is 1. The number of ketones is 1. The third-order valence-electron chi connectivity index (χ3n) is 23.1. The highest BCUT2D eigenvalue weighted by Crippen LogP contribution is 2.63. The first-order valence-electron chi connectivity index (χ1n) is 36.6. The summed E-state index contributed by atoms with van der Waals surface area (Å²) in [6, 6.07) is 55.8. The molecular weight excluding hydrogens is 1410 g/mol. The lowest BCUT2D eigenvalue weighted by Crippen LogP contribution is -2.43. The first kappa shape index (κ1) is 80.0. The average Bonchev–Trinajstić information content (AvgIpc) is 1.61. The third kappa shape index (κ3) is 17.4. The van der Waals surface area contributed by atoms with Gasteiger partial charge in [-0.15, -0.1) is 0 Å². The number of halogens is 12. The standard InChI is InChI=1S/C21H21F3O2.2C21H21F3O.C20H20O2.C4H9F3Si.CH4/c1-12-3-6-14(7-4-12)19-17-11-20(25,21(22,23)24)10-16(17)15-9-13(2)5-8-18(15)26-19;2*1-12-3-6-14(7-4-12)20-18-11-15(21(22,23)24)10-16(18)17-9-13(2)5-8-19(17)25-20;1-12-3-6-14(7-4-12)20-18-11-15(21)10-16(18)17-9-13(2)5-8-19(17)22-20;1-8(2,3)4(5,6)7;/h3-9,16-17,19,25H,10-11H2,1-2H3;2*3-9,15-16,18,20H,10-11H2,1-2H3;3-9,16,18,20H,10-11H2,1-2H3;1-3H3;1H4/t16-,17-,19-,20-;15-,16+,18+,20+;15-,16-,18-,20-;16-,18-,20-;;/m1011../s1. The highest BCUT2D eigenvalue weighted by Gasteiger charge is 2.64. The van der Waals surface area contributed by atoms with Gasteiger partial charge in [0, 0.05) is 42.4 Å². The lowest BCUT2D eigenvalue weighted by Gasteiger charge is -2.36. The summed E-state index contributed by atoms with van der Waals surface area (Å²) in [5, 5.41) is 10.4. The van der Waals surface area contributed by atoms with Crippen LogP contribution in [0.3, 0.4) is 0 Å². The molecule has 0 unspecified atom stereocenters. The predicted molar refractivity (Wildman–Crippen MR) is 396 cm³/mol. The minimum Gasteiger partial charge on any atom is -0.485 e. The number of carbonyl (C=O) groups excluding carboxylic acids is 1. The van der Waals surface area contributed by atoms with Crippen LogP contribution < -0.4 is 18.9 Å². The van der Waals surface area contributed by atoms with Gasteiger partial charge in [-0.2, -0.15) is 52.7 Å². The quantitative estimate of drug-likeness (QED) is 0.140. The van der Waals surface area contributed by atoms with Crippen molar-refractivity contribution < 1.29 is 81.5 Å². The molecule has 1 N–H and O–H groups in total. The molecule has 0 saturated heterocycles. The minimum atomic E-state index is -4.65. The molecule has 4 saturated carbocycles. The molecule has 0 amide bonds. The number of hydrogen-bond acceptors (Lipinski definition) is 6. The number of benzene rings is 8. The van der Waals surface area contributed by atoms with E-state index in [-0.39, 0.29) is 99.8 Å². The molecule has 15 atom stereocenters. The van der Waals surface area contributed by atoms with Crippen LogP contribution >= 0.6 is 0 Å². The van der Waals surface area contributed by atoms with Gasteiger partial charge in [0.1, 0.15) is 53.2 Å². The van der Waals surface area contributed by atoms with Crippen LogP contribution in [0.4, 0.5) is 52.7 Å². The van der Waals surface area contributed by atoms with Crippen LogP contribution in [0, 0.1) is 90.9 Å². The number of ether oxygens (including phenoxy) is 4. The number of aliphatic hydroxyl groups is 1. The van der Waals surface area contributed by atoms with Gasteiger partial charge in [-0.25, -0.2) is 0 Å². The highest BCUT2D eigenvalue weighted by atomic mass is 28.3. The number of Topliss-reactive ketones (excluding diaryl/α,β-unsaturated/α-hetero) is 1. The topological polar surface area (TPSA) is 74.2 Å². The Bertz CT molecular complexity index is 4280. The summed E-state index contributed by atoms with van der Waals surface area (Å²) >= 11 is 0. The molecule has 8 aromatic rings. The van der Waals surface area contributed by atoms with Crippen molar-refractivity contribution in [1.29, 1.82) is 0 Å². The largest absolute Gasteiger partial charge is 0.485 e. The molecule has 8 aromatic carbocycles. The van der Waals surface area contributed by atoms with E-state index in [0.717, 1.165) is 84.0 Å². The maximum Gasteiger partial charge on any atom is 0.417 e. The van der Waals surface area contributed by atoms with Crippen molar-refractivity contribution in [1.82, 2.24) is 0 Å². The Morgan fingerprint density at radius 3 is 0.916 bits per heavy atom. The lowest BCUT2D eigenvalue weighted by atomic mass is 9.79. The Labute approximate surface area is 621 Å². The van der Waals surface area contributed by atoms with Crippen molar-refractivity contribution in [2.75, 3.05) is 0 Å². The second-order valence-electron chi connectivity index (χ2n) is 32.1. The molecule has 0 spiro atoms. The van der Waals surface area contributed by atoms with Crippen LogP contribution in [-0.2, 0) is 4.79 Å². The summed E-state index contributed by atoms with van der Waals surface area (Å²) in [7, 11) is -2.86. The zero-order valence-corrected chi connectivity index (χ0v) is 62.4. The van der Waals surface area contributed by atoms with E-state index in [1.807, 2.05) is 169 Å². The van der Waals surface area contributed by atoms with Crippen molar-refractivity contribution in [2.45, 2.75) is 212 Å². The van der Waals surface area contributed by atoms with E-state index >= 15 is 0 Å². The zero-order chi connectivity index (χ0) is 76.5. The van der Waals surface area contributed by atoms with Crippen LogP contribution in [0.5, 0.6) is 23.0 Å². The van der Waals surface area contributed by atoms with E-state index in [4.69, 9.17) is 18.9 Å². The molecule has 0 radical (unpaired) electrons. The highest BCUT2D eigenvalue weighted by molar-refractivity contribution is 6.78. The molecule has 0 bridgehead atoms. The molecule has 16 rings (SSSR count). The van der Waals surface area contributed by atoms with Gasteiger partial charge >= 0.3 is 24.3 Å². The third-order valence-corrected chi connectivity index (χ3v) is 24.8. The summed E-state index contributed by atoms with van der Waals surface area (Å²) in [4.78, 5) is 12.1. The van der Waals surface area contributed by atoms with Crippen molar-refractivity contribution >= 4 is 13.9 Å². The molecule has 572 valence electrons. The molecule has 0 aromatic heterocycles. The van der Waals surface area contributed by atoms with Gasteiger partial charge in [0.15, 0.2) is 13.7 Å². The Morgan fingerprint density at radius 1 is 0.355 bits per heavy atom. The smallest absolute Gasteiger partial charge is 0.417 e. The van der Waals surface area contributed by atoms with Gasteiger partial charge in [-0.1, -0.05) is 217 Å². The summed E-state index contributed by atoms with van der Waals surface area (Å²) in [6.07, 6.45) is -12.8. The van der Waals surface area contributed by atoms with E-state index in [1.54, 1.807) is 0 Å². The van der Waals surface area contributed by atoms with Gasteiger partial charge in [0.2, 0.25) is 0 Å². The molecule has 4 aliphatic carbocycles. The fourth-order valence-corrected chi connectivity index (χ4v) is 17.1. The van der Waals surface area contributed by atoms with Gasteiger partial charge < -0.3 is 24.1 Å². The first-order valence-corrected chi connectivity index (χ1v) is 40.1. The van der Waals surface area contributed by atoms with Crippen molar-refractivity contribution in [3.05, 3.63) is 259 Å². The molecule has 4 fully saturated rings. The summed E-state index contributed by atoms with van der Waals surface area (Å²) in [5.41, 5.74) is 14.1. The number of carbonyl (C=O) groups is 1. The molecule has 6 nitrogen and oxygen atoms in total. The maximum absolute atomic E-state index is 13.5. The Balaban J connectivity index is 0.000000137. The molecule has 107 heavy (non-hydrogen) atoms. The number of alkyl halides is 12. The Morgan fingerprint density at radius 2 is 0.626 bits per heavy atom. The normalized spacial score (nSPS) is 27.0. The number of fused-ring (bicyclic) bond motifs is 12. The summed E-state index contributed by atoms with van der Waals surface area (Å²) in [6.45, 7) is 19.9. The lowest BCUT2D eigenvalue weighted by molar-refractivity contribution is -0.258. The monoisotopic (exact) mass is 1500 g/mol. The van der Waals surface area contributed by atoms with E-state index in [1.165, 1.54) is 41.9 Å². The first-order chi connectivity index (χ1) is 49.7. The average molecular weight is 1510 g/mol. The van der Waals surface area contributed by atoms with Crippen molar-refractivity contribution in [3.63, 3.8) is 0 Å². The number of rotatable bonds is 4. The Hall–Kier alpha value is -8.03. The van der Waals surface area contributed by atoms with E-state index in [9.17, 15) is 62.6 Å².